The third-order valence-electron chi connectivity index (χ3n) is 4.99. The van der Waals surface area contributed by atoms with Crippen molar-refractivity contribution in [3.63, 3.8) is 0 Å². The van der Waals surface area contributed by atoms with E-state index in [0.717, 1.165) is 40.4 Å². The number of anilines is 1. The molecule has 7 heteroatoms. The van der Waals surface area contributed by atoms with Gasteiger partial charge in [0.2, 0.25) is 0 Å². The van der Waals surface area contributed by atoms with Gasteiger partial charge in [-0.1, -0.05) is 18.2 Å². The molecular formula is C22H20N6S. The number of aromatic amines is 1. The number of nitrogens with one attached hydrogen (secondary N) is 3. The Kier molecular flexibility index (Phi) is 4.37. The molecule has 4 heterocycles. The number of H-pyrrole nitrogens is 1. The number of thiazole rings is 1. The minimum atomic E-state index is 0.647. The van der Waals surface area contributed by atoms with Crippen molar-refractivity contribution in [3.05, 3.63) is 77.5 Å². The number of benzene rings is 1. The molecule has 1 aliphatic heterocycles. The van der Waals surface area contributed by atoms with Crippen molar-refractivity contribution in [2.45, 2.75) is 13.3 Å². The number of aromatic nitrogens is 4. The predicted molar refractivity (Wildman–Crippen MR) is 120 cm³/mol. The Labute approximate surface area is 172 Å². The van der Waals surface area contributed by atoms with Crippen LogP contribution in [0.25, 0.3) is 26.8 Å². The first-order chi connectivity index (χ1) is 14.2. The van der Waals surface area contributed by atoms with Gasteiger partial charge in [0.15, 0.2) is 11.6 Å². The molecule has 0 bridgehead atoms. The van der Waals surface area contributed by atoms with Crippen LogP contribution < -0.4 is 10.6 Å². The van der Waals surface area contributed by atoms with E-state index in [4.69, 9.17) is 4.98 Å². The number of nitrogens with zero attached hydrogens (tertiary/aromatic N) is 3. The van der Waals surface area contributed by atoms with Gasteiger partial charge in [0, 0.05) is 41.1 Å². The van der Waals surface area contributed by atoms with Crippen molar-refractivity contribution in [2.75, 3.05) is 11.9 Å². The van der Waals surface area contributed by atoms with E-state index in [0.29, 0.717) is 5.82 Å². The van der Waals surface area contributed by atoms with Crippen molar-refractivity contribution in [2.24, 2.45) is 0 Å². The topological polar surface area (TPSA) is 78.5 Å². The third kappa shape index (κ3) is 3.30. The third-order valence-corrected chi connectivity index (χ3v) is 5.71. The number of hydrogen-bond acceptors (Lipinski definition) is 6. The Bertz CT molecular complexity index is 1290. The summed E-state index contributed by atoms with van der Waals surface area (Å²) in [4.78, 5) is 18.1. The number of dihydropyridines is 1. The van der Waals surface area contributed by atoms with Gasteiger partial charge in [0.1, 0.15) is 10.3 Å². The molecule has 0 amide bonds. The van der Waals surface area contributed by atoms with E-state index in [9.17, 15) is 0 Å². The molecule has 4 aromatic rings. The molecule has 0 saturated carbocycles. The molecule has 5 rings (SSSR count). The molecule has 6 nitrogen and oxygen atoms in total. The lowest BCUT2D eigenvalue weighted by Gasteiger charge is -2.14. The number of aryl methyl sites for hydroxylation is 1. The van der Waals surface area contributed by atoms with Crippen LogP contribution in [0.3, 0.4) is 0 Å². The second kappa shape index (κ2) is 7.18. The lowest BCUT2D eigenvalue weighted by Crippen LogP contribution is -2.12. The van der Waals surface area contributed by atoms with E-state index in [1.165, 1.54) is 33.4 Å². The number of allylic oxidation sites excluding steroid dienone is 3. The SMILES string of the molecule is C=C1NC=CC=C1c1nc(NCCc2c[nH]c3ccc(C)cc23)c2ncsc2n1. The summed E-state index contributed by atoms with van der Waals surface area (Å²) in [6, 6.07) is 6.48. The summed E-state index contributed by atoms with van der Waals surface area (Å²) in [7, 11) is 0. The van der Waals surface area contributed by atoms with Crippen LogP contribution in [0, 0.1) is 6.92 Å². The lowest BCUT2D eigenvalue weighted by atomic mass is 10.1. The average molecular weight is 401 g/mol. The number of hydrogen-bond donors (Lipinski definition) is 3. The molecule has 0 radical (unpaired) electrons. The van der Waals surface area contributed by atoms with Crippen molar-refractivity contribution in [1.29, 1.82) is 0 Å². The summed E-state index contributed by atoms with van der Waals surface area (Å²) in [6.45, 7) is 6.93. The zero-order valence-electron chi connectivity index (χ0n) is 16.0. The second-order valence-corrected chi connectivity index (χ2v) is 7.84. The van der Waals surface area contributed by atoms with Gasteiger partial charge in [0.25, 0.3) is 0 Å². The molecule has 3 aromatic heterocycles. The second-order valence-electron chi connectivity index (χ2n) is 7.00. The number of fused-ring (bicyclic) bond motifs is 2. The van der Waals surface area contributed by atoms with E-state index in [-0.39, 0.29) is 0 Å². The highest BCUT2D eigenvalue weighted by Gasteiger charge is 2.16. The highest BCUT2D eigenvalue weighted by molar-refractivity contribution is 7.16. The van der Waals surface area contributed by atoms with Crippen molar-refractivity contribution >= 4 is 44.0 Å². The molecule has 0 fully saturated rings. The first-order valence-corrected chi connectivity index (χ1v) is 10.3. The van der Waals surface area contributed by atoms with Crippen molar-refractivity contribution in [3.8, 4) is 0 Å². The van der Waals surface area contributed by atoms with Crippen LogP contribution in [0.15, 0.2) is 60.5 Å². The first kappa shape index (κ1) is 17.6. The van der Waals surface area contributed by atoms with Gasteiger partial charge in [0.05, 0.1) is 5.51 Å². The van der Waals surface area contributed by atoms with Crippen LogP contribution in [0.5, 0.6) is 0 Å². The average Bonchev–Trinajstić information content (AvgIpc) is 3.35. The highest BCUT2D eigenvalue weighted by Crippen LogP contribution is 2.27. The summed E-state index contributed by atoms with van der Waals surface area (Å²) in [6.07, 6.45) is 8.72. The van der Waals surface area contributed by atoms with Crippen LogP contribution in [-0.2, 0) is 6.42 Å². The zero-order chi connectivity index (χ0) is 19.8. The first-order valence-electron chi connectivity index (χ1n) is 9.44. The Morgan fingerprint density at radius 1 is 1.24 bits per heavy atom. The quantitative estimate of drug-likeness (QED) is 0.458. The minimum Gasteiger partial charge on any atom is -0.368 e. The van der Waals surface area contributed by atoms with Gasteiger partial charge in [-0.15, -0.1) is 11.3 Å². The van der Waals surface area contributed by atoms with E-state index < -0.39 is 0 Å². The summed E-state index contributed by atoms with van der Waals surface area (Å²) in [5.41, 5.74) is 8.00. The fourth-order valence-corrected chi connectivity index (χ4v) is 4.16. The molecule has 0 spiro atoms. The normalized spacial score (nSPS) is 13.7. The van der Waals surface area contributed by atoms with Gasteiger partial charge >= 0.3 is 0 Å². The molecule has 1 aliphatic rings. The smallest absolute Gasteiger partial charge is 0.165 e. The van der Waals surface area contributed by atoms with Crippen LogP contribution in [0.2, 0.25) is 0 Å². The molecule has 3 N–H and O–H groups in total. The van der Waals surface area contributed by atoms with Gasteiger partial charge in [-0.25, -0.2) is 15.0 Å². The lowest BCUT2D eigenvalue weighted by molar-refractivity contribution is 1.00. The maximum absolute atomic E-state index is 4.75. The predicted octanol–water partition coefficient (Wildman–Crippen LogP) is 4.54. The number of rotatable bonds is 5. The van der Waals surface area contributed by atoms with Crippen molar-refractivity contribution < 1.29 is 0 Å². The fraction of sp³-hybridized carbons (Fsp3) is 0.136. The molecule has 0 saturated heterocycles. The van der Waals surface area contributed by atoms with Crippen LogP contribution in [0.4, 0.5) is 5.82 Å². The Morgan fingerprint density at radius 3 is 3.07 bits per heavy atom. The summed E-state index contributed by atoms with van der Waals surface area (Å²) >= 11 is 1.51. The molecule has 0 aliphatic carbocycles. The van der Waals surface area contributed by atoms with Gasteiger partial charge < -0.3 is 15.6 Å². The molecule has 0 unspecified atom stereocenters. The molecule has 0 atom stereocenters. The van der Waals surface area contributed by atoms with Crippen LogP contribution in [-0.4, -0.2) is 26.5 Å². The van der Waals surface area contributed by atoms with E-state index >= 15 is 0 Å². The summed E-state index contributed by atoms with van der Waals surface area (Å²) in [5.74, 6) is 1.40. The van der Waals surface area contributed by atoms with Crippen LogP contribution in [0.1, 0.15) is 17.0 Å². The summed E-state index contributed by atoms with van der Waals surface area (Å²) in [5, 5.41) is 7.86. The highest BCUT2D eigenvalue weighted by atomic mass is 32.1. The molecule has 144 valence electrons. The Morgan fingerprint density at radius 2 is 2.17 bits per heavy atom. The van der Waals surface area contributed by atoms with E-state index in [1.54, 1.807) is 5.51 Å². The maximum Gasteiger partial charge on any atom is 0.165 e. The van der Waals surface area contributed by atoms with E-state index in [2.05, 4.69) is 63.5 Å². The van der Waals surface area contributed by atoms with Crippen LogP contribution >= 0.6 is 11.3 Å². The zero-order valence-corrected chi connectivity index (χ0v) is 16.8. The monoisotopic (exact) mass is 400 g/mol. The largest absolute Gasteiger partial charge is 0.368 e. The standard InChI is InChI=1S/C22H20N6S/c1-13-5-6-18-17(10-13)15(11-25-18)7-9-24-21-19-22(29-12-26-19)28-20(27-21)16-4-3-8-23-14(16)2/h3-6,8,10-12,23,25H,2,7,9H2,1H3,(H,24,27,28). The van der Waals surface area contributed by atoms with Gasteiger partial charge in [-0.3, -0.25) is 0 Å². The maximum atomic E-state index is 4.75. The molecule has 29 heavy (non-hydrogen) atoms. The Hall–Kier alpha value is -3.45. The van der Waals surface area contributed by atoms with Gasteiger partial charge in [-0.05, 0) is 43.2 Å². The van der Waals surface area contributed by atoms with Crippen molar-refractivity contribution in [1.82, 2.24) is 25.3 Å². The molecule has 1 aromatic carbocycles. The van der Waals surface area contributed by atoms with Gasteiger partial charge in [-0.2, -0.15) is 0 Å². The van der Waals surface area contributed by atoms with E-state index in [1.807, 2.05) is 18.4 Å². The molecular weight excluding hydrogens is 380 g/mol. The Balaban J connectivity index is 1.42. The minimum absolute atomic E-state index is 0.647. The summed E-state index contributed by atoms with van der Waals surface area (Å²) < 4.78 is 0. The fourth-order valence-electron chi connectivity index (χ4n) is 3.50.